The van der Waals surface area contributed by atoms with Crippen LogP contribution in [0, 0.1) is 0 Å². The van der Waals surface area contributed by atoms with Crippen molar-refractivity contribution < 1.29 is 9.21 Å². The van der Waals surface area contributed by atoms with Gasteiger partial charge in [-0.05, 0) is 32.9 Å². The molecule has 9 heteroatoms. The van der Waals surface area contributed by atoms with E-state index in [4.69, 9.17) is 4.42 Å². The van der Waals surface area contributed by atoms with Crippen molar-refractivity contribution in [1.29, 1.82) is 0 Å². The summed E-state index contributed by atoms with van der Waals surface area (Å²) in [6.45, 7) is 6.67. The molecule has 9 nitrogen and oxygen atoms in total. The molecule has 120 valence electrons. The minimum Gasteiger partial charge on any atom is -0.401 e. The van der Waals surface area contributed by atoms with E-state index in [0.29, 0.717) is 12.2 Å². The zero-order chi connectivity index (χ0) is 16.4. The summed E-state index contributed by atoms with van der Waals surface area (Å²) in [5.74, 6) is -0.154. The highest BCUT2D eigenvalue weighted by Crippen LogP contribution is 2.19. The maximum Gasteiger partial charge on any atom is 0.322 e. The molecule has 0 unspecified atom stereocenters. The second-order valence-electron chi connectivity index (χ2n) is 5.20. The molecule has 0 saturated heterocycles. The molecule has 0 atom stereocenters. The third kappa shape index (κ3) is 3.12. The molecular weight excluding hydrogens is 298 g/mol. The van der Waals surface area contributed by atoms with Crippen molar-refractivity contribution in [1.82, 2.24) is 29.8 Å². The van der Waals surface area contributed by atoms with Crippen LogP contribution in [0.5, 0.6) is 0 Å². The maximum atomic E-state index is 12.0. The van der Waals surface area contributed by atoms with Crippen LogP contribution in [0.4, 0.5) is 6.01 Å². The van der Waals surface area contributed by atoms with Crippen LogP contribution in [0.25, 0.3) is 11.6 Å². The van der Waals surface area contributed by atoms with E-state index in [1.54, 1.807) is 27.7 Å². The Bertz CT molecular complexity index is 815. The standard InChI is InChI=1S/C14H17N7O2/c1-4-20-7-5-10(18-20)12(22)15-14-17-16-13(23-14)11-6-8-21(19-11)9(2)3/h5-9H,4H2,1-3H3,(H,15,17,22). The van der Waals surface area contributed by atoms with Gasteiger partial charge in [-0.25, -0.2) is 0 Å². The van der Waals surface area contributed by atoms with Gasteiger partial charge in [0.2, 0.25) is 0 Å². The van der Waals surface area contributed by atoms with E-state index in [-0.39, 0.29) is 23.6 Å². The van der Waals surface area contributed by atoms with Gasteiger partial charge in [0.05, 0.1) is 0 Å². The summed E-state index contributed by atoms with van der Waals surface area (Å²) in [7, 11) is 0. The van der Waals surface area contributed by atoms with Gasteiger partial charge in [-0.3, -0.25) is 19.5 Å². The van der Waals surface area contributed by atoms with Crippen molar-refractivity contribution in [3.63, 3.8) is 0 Å². The Balaban J connectivity index is 1.72. The zero-order valence-corrected chi connectivity index (χ0v) is 13.1. The van der Waals surface area contributed by atoms with Crippen molar-refractivity contribution in [2.45, 2.75) is 33.4 Å². The van der Waals surface area contributed by atoms with Crippen LogP contribution in [0.3, 0.4) is 0 Å². The fourth-order valence-corrected chi connectivity index (χ4v) is 1.94. The Labute approximate surface area is 132 Å². The van der Waals surface area contributed by atoms with E-state index in [0.717, 1.165) is 0 Å². The zero-order valence-electron chi connectivity index (χ0n) is 13.1. The van der Waals surface area contributed by atoms with Crippen LogP contribution < -0.4 is 5.32 Å². The van der Waals surface area contributed by atoms with E-state index >= 15 is 0 Å². The molecule has 3 aromatic rings. The van der Waals surface area contributed by atoms with E-state index in [2.05, 4.69) is 25.7 Å². The third-order valence-corrected chi connectivity index (χ3v) is 3.20. The maximum absolute atomic E-state index is 12.0. The SMILES string of the molecule is CCn1ccc(C(=O)Nc2nnc(-c3ccn(C(C)C)n3)o2)n1. The minimum atomic E-state index is -0.403. The highest BCUT2D eigenvalue weighted by molar-refractivity contribution is 6.01. The number of carbonyl (C=O) groups excluding carboxylic acids is 1. The summed E-state index contributed by atoms with van der Waals surface area (Å²) in [4.78, 5) is 12.0. The highest BCUT2D eigenvalue weighted by atomic mass is 16.4. The molecule has 0 aliphatic rings. The number of carbonyl (C=O) groups is 1. The van der Waals surface area contributed by atoms with Gasteiger partial charge in [0.15, 0.2) is 5.69 Å². The molecule has 0 aromatic carbocycles. The minimum absolute atomic E-state index is 0.00939. The molecule has 0 spiro atoms. The van der Waals surface area contributed by atoms with Gasteiger partial charge < -0.3 is 4.42 Å². The van der Waals surface area contributed by atoms with Crippen molar-refractivity contribution in [2.75, 3.05) is 5.32 Å². The molecule has 3 aromatic heterocycles. The van der Waals surface area contributed by atoms with Crippen molar-refractivity contribution in [3.8, 4) is 11.6 Å². The summed E-state index contributed by atoms with van der Waals surface area (Å²) in [5, 5.41) is 18.7. The number of nitrogens with one attached hydrogen (secondary N) is 1. The van der Waals surface area contributed by atoms with E-state index in [1.165, 1.54) is 0 Å². The summed E-state index contributed by atoms with van der Waals surface area (Å²) in [5.41, 5.74) is 0.845. The summed E-state index contributed by atoms with van der Waals surface area (Å²) in [6.07, 6.45) is 3.56. The Morgan fingerprint density at radius 3 is 2.74 bits per heavy atom. The Morgan fingerprint density at radius 1 is 1.26 bits per heavy atom. The molecule has 1 amide bonds. The van der Waals surface area contributed by atoms with Crippen LogP contribution in [-0.2, 0) is 6.54 Å². The number of hydrogen-bond donors (Lipinski definition) is 1. The van der Waals surface area contributed by atoms with Gasteiger partial charge in [-0.15, -0.1) is 5.10 Å². The Hall–Kier alpha value is -2.97. The van der Waals surface area contributed by atoms with Gasteiger partial charge in [-0.2, -0.15) is 10.2 Å². The summed E-state index contributed by atoms with van der Waals surface area (Å²) >= 11 is 0. The van der Waals surface area contributed by atoms with Crippen LogP contribution in [0.1, 0.15) is 37.3 Å². The number of nitrogens with zero attached hydrogens (tertiary/aromatic N) is 6. The van der Waals surface area contributed by atoms with Crippen LogP contribution in [-0.4, -0.2) is 35.7 Å². The number of aryl methyl sites for hydroxylation is 1. The van der Waals surface area contributed by atoms with Gasteiger partial charge in [0.1, 0.15) is 5.69 Å². The molecule has 0 fully saturated rings. The fourth-order valence-electron chi connectivity index (χ4n) is 1.94. The van der Waals surface area contributed by atoms with E-state index in [1.807, 2.05) is 27.0 Å². The van der Waals surface area contributed by atoms with E-state index in [9.17, 15) is 4.79 Å². The van der Waals surface area contributed by atoms with E-state index < -0.39 is 5.91 Å². The van der Waals surface area contributed by atoms with Crippen LogP contribution in [0.15, 0.2) is 28.9 Å². The average molecular weight is 315 g/mol. The monoisotopic (exact) mass is 315 g/mol. The first-order valence-electron chi connectivity index (χ1n) is 7.30. The number of amides is 1. The Kier molecular flexibility index (Phi) is 3.92. The molecule has 0 aliphatic carbocycles. The predicted molar refractivity (Wildman–Crippen MR) is 81.8 cm³/mol. The molecular formula is C14H17N7O2. The molecule has 0 radical (unpaired) electrons. The van der Waals surface area contributed by atoms with Gasteiger partial charge in [0, 0.05) is 25.0 Å². The first kappa shape index (κ1) is 14.9. The summed E-state index contributed by atoms with van der Waals surface area (Å²) in [6, 6.07) is 3.65. The molecule has 0 saturated carbocycles. The molecule has 3 rings (SSSR count). The second kappa shape index (κ2) is 6.03. The predicted octanol–water partition coefficient (Wildman–Crippen LogP) is 1.98. The normalized spacial score (nSPS) is 11.1. The molecule has 0 aliphatic heterocycles. The topological polar surface area (TPSA) is 104 Å². The van der Waals surface area contributed by atoms with Crippen molar-refractivity contribution in [3.05, 3.63) is 30.2 Å². The number of aromatic nitrogens is 6. The highest BCUT2D eigenvalue weighted by Gasteiger charge is 2.16. The number of anilines is 1. The van der Waals surface area contributed by atoms with Crippen molar-refractivity contribution in [2.24, 2.45) is 0 Å². The van der Waals surface area contributed by atoms with Gasteiger partial charge in [-0.1, -0.05) is 5.10 Å². The fraction of sp³-hybridized carbons (Fsp3) is 0.357. The molecule has 0 bridgehead atoms. The smallest absolute Gasteiger partial charge is 0.322 e. The lowest BCUT2D eigenvalue weighted by molar-refractivity contribution is 0.101. The largest absolute Gasteiger partial charge is 0.401 e. The summed E-state index contributed by atoms with van der Waals surface area (Å²) < 4.78 is 8.87. The lowest BCUT2D eigenvalue weighted by Crippen LogP contribution is -2.13. The average Bonchev–Trinajstić information content (AvgIpc) is 3.26. The van der Waals surface area contributed by atoms with Crippen molar-refractivity contribution >= 4 is 11.9 Å². The molecule has 23 heavy (non-hydrogen) atoms. The molecule has 3 heterocycles. The van der Waals surface area contributed by atoms with Crippen LogP contribution >= 0.6 is 0 Å². The van der Waals surface area contributed by atoms with Crippen LogP contribution in [0.2, 0.25) is 0 Å². The van der Waals surface area contributed by atoms with Gasteiger partial charge >= 0.3 is 6.01 Å². The lowest BCUT2D eigenvalue weighted by atomic mass is 10.4. The quantitative estimate of drug-likeness (QED) is 0.772. The third-order valence-electron chi connectivity index (χ3n) is 3.20. The lowest BCUT2D eigenvalue weighted by Gasteiger charge is -2.02. The Morgan fingerprint density at radius 2 is 2.09 bits per heavy atom. The molecule has 1 N–H and O–H groups in total. The number of rotatable bonds is 5. The van der Waals surface area contributed by atoms with Gasteiger partial charge in [0.25, 0.3) is 11.8 Å². The second-order valence-corrected chi connectivity index (χ2v) is 5.20. The number of hydrogen-bond acceptors (Lipinski definition) is 6. The first-order chi connectivity index (χ1) is 11.1. The first-order valence-corrected chi connectivity index (χ1v) is 7.30.